The zero-order valence-electron chi connectivity index (χ0n) is 18.6. The lowest BCUT2D eigenvalue weighted by Gasteiger charge is -2.16. The van der Waals surface area contributed by atoms with Crippen LogP contribution in [0.5, 0.6) is 11.8 Å². The number of amides is 2. The second kappa shape index (κ2) is 8.37. The Morgan fingerprint density at radius 1 is 1.38 bits per heavy atom. The fourth-order valence-electron chi connectivity index (χ4n) is 4.37. The molecule has 0 unspecified atom stereocenters. The molecule has 2 amide bonds. The van der Waals surface area contributed by atoms with E-state index in [0.717, 1.165) is 6.42 Å². The number of carbonyl (C=O) groups is 1. The fourth-order valence-corrected chi connectivity index (χ4v) is 5.36. The average Bonchev–Trinajstić information content (AvgIpc) is 3.51. The van der Waals surface area contributed by atoms with Gasteiger partial charge in [0, 0.05) is 17.8 Å². The summed E-state index contributed by atoms with van der Waals surface area (Å²) in [6.07, 6.45) is 4.56. The van der Waals surface area contributed by atoms with Gasteiger partial charge in [0.1, 0.15) is 16.8 Å². The molecule has 3 N–H and O–H groups in total. The number of nitrogens with zero attached hydrogens (tertiary/aromatic N) is 4. The summed E-state index contributed by atoms with van der Waals surface area (Å²) < 4.78 is 44.2. The van der Waals surface area contributed by atoms with Crippen LogP contribution in [0.15, 0.2) is 39.9 Å². The zero-order valence-corrected chi connectivity index (χ0v) is 19.4. The third kappa shape index (κ3) is 3.88. The summed E-state index contributed by atoms with van der Waals surface area (Å²) in [4.78, 5) is 17.1. The maximum atomic E-state index is 14.9. The van der Waals surface area contributed by atoms with E-state index in [4.69, 9.17) is 14.6 Å². The van der Waals surface area contributed by atoms with Crippen LogP contribution in [-0.4, -0.2) is 38.2 Å². The molecule has 0 fully saturated rings. The van der Waals surface area contributed by atoms with Crippen molar-refractivity contribution in [1.29, 1.82) is 0 Å². The van der Waals surface area contributed by atoms with E-state index in [1.54, 1.807) is 12.1 Å². The molecule has 5 rings (SSSR count). The van der Waals surface area contributed by atoms with E-state index in [1.165, 1.54) is 30.3 Å². The van der Waals surface area contributed by atoms with Gasteiger partial charge in [-0.05, 0) is 55.0 Å². The van der Waals surface area contributed by atoms with Gasteiger partial charge in [-0.25, -0.2) is 28.2 Å². The van der Waals surface area contributed by atoms with E-state index >= 15 is 0 Å². The van der Waals surface area contributed by atoms with Crippen LogP contribution in [-0.2, 0) is 29.3 Å². The van der Waals surface area contributed by atoms with Crippen molar-refractivity contribution in [1.82, 2.24) is 14.8 Å². The Morgan fingerprint density at radius 3 is 2.97 bits per heavy atom. The van der Waals surface area contributed by atoms with E-state index < -0.39 is 15.9 Å². The van der Waals surface area contributed by atoms with Crippen LogP contribution >= 0.6 is 0 Å². The first-order valence-corrected chi connectivity index (χ1v) is 12.3. The van der Waals surface area contributed by atoms with Crippen LogP contribution in [0, 0.1) is 5.82 Å². The van der Waals surface area contributed by atoms with Crippen LogP contribution in [0.4, 0.5) is 14.9 Å². The highest BCUT2D eigenvalue weighted by molar-refractivity contribution is 7.91. The molecule has 0 spiro atoms. The summed E-state index contributed by atoms with van der Waals surface area (Å²) in [5.74, 6) is 0.232. The van der Waals surface area contributed by atoms with Crippen LogP contribution in [0.1, 0.15) is 24.5 Å². The van der Waals surface area contributed by atoms with Crippen LogP contribution in [0.2, 0.25) is 0 Å². The van der Waals surface area contributed by atoms with Crippen LogP contribution in [0.3, 0.4) is 0 Å². The van der Waals surface area contributed by atoms with E-state index in [2.05, 4.69) is 19.8 Å². The number of anilines is 1. The molecule has 0 saturated heterocycles. The van der Waals surface area contributed by atoms with Gasteiger partial charge in [-0.15, -0.1) is 4.36 Å². The lowest BCUT2D eigenvalue weighted by molar-refractivity contribution is 0.248. The monoisotopic (exact) mass is 486 g/mol. The SMILES string of the molecule is COc1cc(-c2cc(F)c3c(c2NC(=O)N=[S@@](N)(=O)c2cnn4c2O[C@@H](C)C4)CCC3)ccn1. The Kier molecular flexibility index (Phi) is 5.48. The van der Waals surface area contributed by atoms with E-state index in [-0.39, 0.29) is 22.7 Å². The summed E-state index contributed by atoms with van der Waals surface area (Å²) in [5.41, 5.74) is 2.67. The largest absolute Gasteiger partial charge is 0.481 e. The van der Waals surface area contributed by atoms with Gasteiger partial charge < -0.3 is 14.8 Å². The number of methoxy groups -OCH3 is 1. The molecule has 2 atom stereocenters. The van der Waals surface area contributed by atoms with E-state index in [1.807, 2.05) is 6.92 Å². The van der Waals surface area contributed by atoms with E-state index in [0.29, 0.717) is 53.2 Å². The predicted octanol–water partition coefficient (Wildman–Crippen LogP) is 3.30. The van der Waals surface area contributed by atoms with Gasteiger partial charge in [-0.2, -0.15) is 5.10 Å². The molecule has 1 aliphatic carbocycles. The molecular formula is C22H23FN6O4S. The molecule has 2 aromatic heterocycles. The number of hydrogen-bond donors (Lipinski definition) is 2. The summed E-state index contributed by atoms with van der Waals surface area (Å²) in [5, 5.41) is 12.8. The average molecular weight is 487 g/mol. The molecule has 1 aliphatic heterocycles. The zero-order chi connectivity index (χ0) is 24.0. The van der Waals surface area contributed by atoms with Gasteiger partial charge in [0.15, 0.2) is 9.92 Å². The van der Waals surface area contributed by atoms with Gasteiger partial charge in [0.25, 0.3) is 0 Å². The quantitative estimate of drug-likeness (QED) is 0.581. The number of carbonyl (C=O) groups excluding carboxylic acids is 1. The number of hydrogen-bond acceptors (Lipinski definition) is 6. The fraction of sp³-hybridized carbons (Fsp3) is 0.318. The maximum Gasteiger partial charge on any atom is 0.354 e. The number of rotatable bonds is 4. The summed E-state index contributed by atoms with van der Waals surface area (Å²) >= 11 is 0. The molecule has 3 heterocycles. The summed E-state index contributed by atoms with van der Waals surface area (Å²) in [7, 11) is -2.17. The molecule has 178 valence electrons. The minimum atomic E-state index is -3.64. The molecule has 0 radical (unpaired) electrons. The number of nitrogens with two attached hydrogens (primary N) is 1. The second-order valence-corrected chi connectivity index (χ2v) is 9.95. The van der Waals surface area contributed by atoms with Crippen LogP contribution < -0.4 is 19.9 Å². The Morgan fingerprint density at radius 2 is 2.18 bits per heavy atom. The Balaban J connectivity index is 1.55. The number of urea groups is 1. The van der Waals surface area contributed by atoms with Crippen molar-refractivity contribution in [2.45, 2.75) is 43.7 Å². The number of aromatic nitrogens is 3. The first-order valence-electron chi connectivity index (χ1n) is 10.7. The predicted molar refractivity (Wildman–Crippen MR) is 123 cm³/mol. The normalized spacial score (nSPS) is 17.9. The third-order valence-corrected chi connectivity index (χ3v) is 7.22. The van der Waals surface area contributed by atoms with Crippen molar-refractivity contribution >= 4 is 21.6 Å². The van der Waals surface area contributed by atoms with Crippen molar-refractivity contribution in [2.75, 3.05) is 12.4 Å². The minimum absolute atomic E-state index is 0.0513. The number of halogens is 1. The first-order chi connectivity index (χ1) is 16.3. The molecule has 12 heteroatoms. The van der Waals surface area contributed by atoms with Crippen molar-refractivity contribution in [3.8, 4) is 22.9 Å². The molecule has 3 aromatic rings. The van der Waals surface area contributed by atoms with E-state index in [9.17, 15) is 13.4 Å². The molecule has 0 bridgehead atoms. The smallest absolute Gasteiger partial charge is 0.354 e. The first kappa shape index (κ1) is 22.3. The Labute approximate surface area is 195 Å². The molecule has 10 nitrogen and oxygen atoms in total. The number of ether oxygens (including phenoxy) is 2. The number of benzene rings is 1. The molecule has 1 aromatic carbocycles. The third-order valence-electron chi connectivity index (χ3n) is 5.87. The highest BCUT2D eigenvalue weighted by Crippen LogP contribution is 2.40. The van der Waals surface area contributed by atoms with Gasteiger partial charge in [0.2, 0.25) is 11.8 Å². The van der Waals surface area contributed by atoms with Crippen LogP contribution in [0.25, 0.3) is 11.1 Å². The lowest BCUT2D eigenvalue weighted by atomic mass is 9.97. The summed E-state index contributed by atoms with van der Waals surface area (Å²) in [6.45, 7) is 2.32. The van der Waals surface area contributed by atoms with Crippen molar-refractivity contribution < 1.29 is 22.9 Å². The molecule has 0 saturated carbocycles. The highest BCUT2D eigenvalue weighted by atomic mass is 32.2. The van der Waals surface area contributed by atoms with Gasteiger partial charge in [-0.1, -0.05) is 0 Å². The topological polar surface area (TPSA) is 134 Å². The molecular weight excluding hydrogens is 463 g/mol. The maximum absolute atomic E-state index is 14.9. The lowest BCUT2D eigenvalue weighted by Crippen LogP contribution is -2.19. The Hall–Kier alpha value is -3.51. The van der Waals surface area contributed by atoms with Gasteiger partial charge in [-0.3, -0.25) is 0 Å². The van der Waals surface area contributed by atoms with Gasteiger partial charge in [0.05, 0.1) is 25.5 Å². The summed E-state index contributed by atoms with van der Waals surface area (Å²) in [6, 6.07) is 3.78. The number of pyridine rings is 1. The Bertz CT molecular complexity index is 1430. The standard InChI is InChI=1S/C22H23FN6O4S/c1-12-11-29-21(33-12)18(10-26-29)34(24,31)28-22(30)27-20-15-5-3-4-14(15)17(23)9-16(20)13-6-7-25-19(8-13)32-2/h6-10,12H,3-5,11H2,1-2H3,(H3,24,27,28,30,31)/t12-,34+/m0/s1. The number of fused-ring (bicyclic) bond motifs is 2. The second-order valence-electron chi connectivity index (χ2n) is 8.19. The van der Waals surface area contributed by atoms with Crippen molar-refractivity contribution in [3.63, 3.8) is 0 Å². The molecule has 34 heavy (non-hydrogen) atoms. The number of nitrogens with one attached hydrogen (secondary N) is 1. The van der Waals surface area contributed by atoms with Crippen molar-refractivity contribution in [2.24, 2.45) is 9.50 Å². The molecule has 2 aliphatic rings. The van der Waals surface area contributed by atoms with Crippen molar-refractivity contribution in [3.05, 3.63) is 47.5 Å². The minimum Gasteiger partial charge on any atom is -0.481 e. The highest BCUT2D eigenvalue weighted by Gasteiger charge is 2.29. The van der Waals surface area contributed by atoms with Gasteiger partial charge >= 0.3 is 6.03 Å².